The zero-order valence-electron chi connectivity index (χ0n) is 11.8. The first-order valence-electron chi connectivity index (χ1n) is 6.11. The summed E-state index contributed by atoms with van der Waals surface area (Å²) < 4.78 is 11.1. The number of fused-ring (bicyclic) bond motifs is 1. The van der Waals surface area contributed by atoms with Crippen LogP contribution in [0.2, 0.25) is 0 Å². The summed E-state index contributed by atoms with van der Waals surface area (Å²) in [7, 11) is 1.48. The molecule has 0 aliphatic carbocycles. The average molecular weight is 262 g/mol. The molecular formula is C15H18O4. The first-order chi connectivity index (χ1) is 8.78. The van der Waals surface area contributed by atoms with Crippen molar-refractivity contribution < 1.29 is 19.4 Å². The van der Waals surface area contributed by atoms with E-state index in [9.17, 15) is 9.90 Å². The third kappa shape index (κ3) is 2.07. The molecule has 0 bridgehead atoms. The van der Waals surface area contributed by atoms with Crippen LogP contribution in [-0.4, -0.2) is 23.6 Å². The monoisotopic (exact) mass is 262 g/mol. The summed E-state index contributed by atoms with van der Waals surface area (Å²) in [4.78, 5) is 11.7. The number of ketones is 1. The van der Waals surface area contributed by atoms with E-state index in [4.69, 9.17) is 9.47 Å². The molecule has 2 rings (SSSR count). The summed E-state index contributed by atoms with van der Waals surface area (Å²) in [6.07, 6.45) is 3.64. The van der Waals surface area contributed by atoms with Gasteiger partial charge in [0.15, 0.2) is 5.78 Å². The fourth-order valence-electron chi connectivity index (χ4n) is 2.29. The second-order valence-electron chi connectivity index (χ2n) is 5.22. The molecule has 0 radical (unpaired) electrons. The Morgan fingerprint density at radius 3 is 2.58 bits per heavy atom. The number of methoxy groups -OCH3 is 1. The van der Waals surface area contributed by atoms with Crippen molar-refractivity contribution in [2.45, 2.75) is 33.3 Å². The molecule has 0 spiro atoms. The zero-order valence-corrected chi connectivity index (χ0v) is 11.8. The van der Waals surface area contributed by atoms with Gasteiger partial charge in [0.05, 0.1) is 12.7 Å². The molecule has 1 aromatic carbocycles. The van der Waals surface area contributed by atoms with Gasteiger partial charge in [0, 0.05) is 5.56 Å². The third-order valence-corrected chi connectivity index (χ3v) is 3.22. The van der Waals surface area contributed by atoms with Crippen molar-refractivity contribution in [3.8, 4) is 17.2 Å². The highest BCUT2D eigenvalue weighted by Gasteiger charge is 2.30. The van der Waals surface area contributed by atoms with Crippen LogP contribution in [0.15, 0.2) is 6.08 Å². The minimum absolute atomic E-state index is 0.0864. The van der Waals surface area contributed by atoms with E-state index < -0.39 is 5.60 Å². The molecule has 0 fully saturated rings. The highest BCUT2D eigenvalue weighted by atomic mass is 16.5. The van der Waals surface area contributed by atoms with Crippen molar-refractivity contribution in [2.24, 2.45) is 0 Å². The van der Waals surface area contributed by atoms with Crippen LogP contribution in [0.5, 0.6) is 17.2 Å². The number of phenolic OH excluding ortho intramolecular Hbond substituents is 1. The van der Waals surface area contributed by atoms with Crippen molar-refractivity contribution in [2.75, 3.05) is 7.11 Å². The number of rotatable bonds is 2. The SMILES string of the molecule is COc1c(C)c2c(c(O)c1C(C)=O)C=CC(C)(C)O2. The van der Waals surface area contributed by atoms with Crippen molar-refractivity contribution in [1.82, 2.24) is 0 Å². The Labute approximate surface area is 112 Å². The van der Waals surface area contributed by atoms with E-state index in [0.29, 0.717) is 17.1 Å². The van der Waals surface area contributed by atoms with E-state index in [1.54, 1.807) is 6.08 Å². The van der Waals surface area contributed by atoms with Gasteiger partial charge in [-0.3, -0.25) is 4.79 Å². The molecule has 0 unspecified atom stereocenters. The Kier molecular flexibility index (Phi) is 3.04. The maximum absolute atomic E-state index is 11.7. The highest BCUT2D eigenvalue weighted by Crippen LogP contribution is 2.46. The predicted molar refractivity (Wildman–Crippen MR) is 73.1 cm³/mol. The van der Waals surface area contributed by atoms with Crippen molar-refractivity contribution in [1.29, 1.82) is 0 Å². The van der Waals surface area contributed by atoms with Crippen molar-refractivity contribution in [3.05, 3.63) is 22.8 Å². The Hall–Kier alpha value is -1.97. The number of benzene rings is 1. The molecule has 1 heterocycles. The van der Waals surface area contributed by atoms with E-state index in [1.807, 2.05) is 26.8 Å². The lowest BCUT2D eigenvalue weighted by Crippen LogP contribution is -2.28. The van der Waals surface area contributed by atoms with Gasteiger partial charge in [-0.1, -0.05) is 0 Å². The van der Waals surface area contributed by atoms with Crippen LogP contribution in [0.4, 0.5) is 0 Å². The van der Waals surface area contributed by atoms with Crippen LogP contribution >= 0.6 is 0 Å². The fraction of sp³-hybridized carbons (Fsp3) is 0.400. The minimum atomic E-state index is -0.451. The molecule has 1 aromatic rings. The molecule has 19 heavy (non-hydrogen) atoms. The molecule has 4 nitrogen and oxygen atoms in total. The lowest BCUT2D eigenvalue weighted by Gasteiger charge is -2.30. The van der Waals surface area contributed by atoms with Crippen LogP contribution in [-0.2, 0) is 0 Å². The summed E-state index contributed by atoms with van der Waals surface area (Å²) in [5, 5.41) is 10.3. The highest BCUT2D eigenvalue weighted by molar-refractivity contribution is 6.02. The van der Waals surface area contributed by atoms with Crippen LogP contribution in [0.1, 0.15) is 42.3 Å². The number of Topliss-reactive ketones (excluding diaryl/α,β-unsaturated/α-hetero) is 1. The Bertz CT molecular complexity index is 583. The normalized spacial score (nSPS) is 15.6. The largest absolute Gasteiger partial charge is 0.506 e. The first kappa shape index (κ1) is 13.5. The molecule has 0 atom stereocenters. The van der Waals surface area contributed by atoms with Gasteiger partial charge in [-0.25, -0.2) is 0 Å². The van der Waals surface area contributed by atoms with Gasteiger partial charge in [0.1, 0.15) is 28.4 Å². The molecule has 0 aromatic heterocycles. The Balaban J connectivity index is 2.80. The lowest BCUT2D eigenvalue weighted by molar-refractivity contribution is 0.101. The second-order valence-corrected chi connectivity index (χ2v) is 5.22. The molecule has 102 valence electrons. The molecule has 4 heteroatoms. The number of carbonyl (C=O) groups excluding carboxylic acids is 1. The smallest absolute Gasteiger partial charge is 0.167 e. The number of ether oxygens (including phenoxy) is 2. The topological polar surface area (TPSA) is 55.8 Å². The van der Waals surface area contributed by atoms with Gasteiger partial charge in [-0.05, 0) is 39.8 Å². The molecule has 1 aliphatic rings. The quantitative estimate of drug-likeness (QED) is 0.832. The zero-order chi connectivity index (χ0) is 14.4. The van der Waals surface area contributed by atoms with Crippen molar-refractivity contribution >= 4 is 11.9 Å². The number of hydrogen-bond acceptors (Lipinski definition) is 4. The van der Waals surface area contributed by atoms with Crippen LogP contribution < -0.4 is 9.47 Å². The van der Waals surface area contributed by atoms with Gasteiger partial charge in [-0.15, -0.1) is 0 Å². The van der Waals surface area contributed by atoms with E-state index in [1.165, 1.54) is 14.0 Å². The third-order valence-electron chi connectivity index (χ3n) is 3.22. The van der Waals surface area contributed by atoms with Gasteiger partial charge in [0.25, 0.3) is 0 Å². The van der Waals surface area contributed by atoms with E-state index >= 15 is 0 Å². The summed E-state index contributed by atoms with van der Waals surface area (Å²) in [5.41, 5.74) is 1.000. The standard InChI is InChI=1S/C15H18O4/c1-8-13-10(6-7-15(3,4)19-13)12(17)11(9(2)16)14(8)18-5/h6-7,17H,1-5H3. The average Bonchev–Trinajstić information content (AvgIpc) is 2.31. The number of phenols is 1. The van der Waals surface area contributed by atoms with Crippen molar-refractivity contribution in [3.63, 3.8) is 0 Å². The maximum Gasteiger partial charge on any atom is 0.167 e. The van der Waals surface area contributed by atoms with Gasteiger partial charge < -0.3 is 14.6 Å². The fourth-order valence-corrected chi connectivity index (χ4v) is 2.29. The predicted octanol–water partition coefficient (Wildman–Crippen LogP) is 3.10. The van der Waals surface area contributed by atoms with E-state index in [2.05, 4.69) is 0 Å². The second kappa shape index (κ2) is 4.30. The number of aromatic hydroxyl groups is 1. The summed E-state index contributed by atoms with van der Waals surface area (Å²) in [5.74, 6) is 0.608. The van der Waals surface area contributed by atoms with E-state index in [-0.39, 0.29) is 17.1 Å². The Morgan fingerprint density at radius 2 is 2.05 bits per heavy atom. The Morgan fingerprint density at radius 1 is 1.42 bits per heavy atom. The van der Waals surface area contributed by atoms with Gasteiger partial charge in [-0.2, -0.15) is 0 Å². The molecule has 0 saturated carbocycles. The van der Waals surface area contributed by atoms with Crippen LogP contribution in [0.3, 0.4) is 0 Å². The maximum atomic E-state index is 11.7. The van der Waals surface area contributed by atoms with E-state index in [0.717, 1.165) is 5.56 Å². The number of hydrogen-bond donors (Lipinski definition) is 1. The molecule has 1 aliphatic heterocycles. The number of carbonyl (C=O) groups is 1. The first-order valence-corrected chi connectivity index (χ1v) is 6.11. The summed E-state index contributed by atoms with van der Waals surface area (Å²) in [6.45, 7) is 7.07. The van der Waals surface area contributed by atoms with Crippen LogP contribution in [0.25, 0.3) is 6.08 Å². The van der Waals surface area contributed by atoms with Gasteiger partial charge in [0.2, 0.25) is 0 Å². The summed E-state index contributed by atoms with van der Waals surface area (Å²) in [6, 6.07) is 0. The van der Waals surface area contributed by atoms with Crippen LogP contribution in [0, 0.1) is 6.92 Å². The summed E-state index contributed by atoms with van der Waals surface area (Å²) >= 11 is 0. The minimum Gasteiger partial charge on any atom is -0.506 e. The molecule has 0 amide bonds. The molecule has 0 saturated heterocycles. The lowest BCUT2D eigenvalue weighted by atomic mass is 9.94. The molecule has 1 N–H and O–H groups in total. The van der Waals surface area contributed by atoms with Gasteiger partial charge >= 0.3 is 0 Å². The molecular weight excluding hydrogens is 244 g/mol.